The van der Waals surface area contributed by atoms with Gasteiger partial charge in [0, 0.05) is 9.90 Å². The Morgan fingerprint density at radius 2 is 1.86 bits per heavy atom. The van der Waals surface area contributed by atoms with Gasteiger partial charge in [-0.25, -0.2) is 10.2 Å². The highest BCUT2D eigenvalue weighted by Crippen LogP contribution is 2.38. The van der Waals surface area contributed by atoms with Gasteiger partial charge in [-0.1, -0.05) is 23.7 Å². The van der Waals surface area contributed by atoms with Crippen LogP contribution in [0.25, 0.3) is 0 Å². The number of fused-ring (bicyclic) bond motifs is 1. The number of thiophene rings is 1. The molecule has 0 unspecified atom stereocenters. The summed E-state index contributed by atoms with van der Waals surface area (Å²) in [4.78, 5) is 38.4. The number of nitrogens with one attached hydrogen (secondary N) is 2. The number of hydrazone groups is 1. The van der Waals surface area contributed by atoms with E-state index in [1.165, 1.54) is 17.6 Å². The molecule has 8 nitrogen and oxygen atoms in total. The number of aryl methyl sites for hydroxylation is 1. The third-order valence-electron chi connectivity index (χ3n) is 5.64. The normalized spacial score (nSPS) is 12.6. The topological polar surface area (TPSA) is 106 Å². The van der Waals surface area contributed by atoms with Crippen LogP contribution in [-0.4, -0.2) is 30.6 Å². The fourth-order valence-corrected chi connectivity index (χ4v) is 5.38. The zero-order chi connectivity index (χ0) is 26.2. The summed E-state index contributed by atoms with van der Waals surface area (Å²) in [5, 5.41) is 7.41. The summed E-state index contributed by atoms with van der Waals surface area (Å²) in [5.41, 5.74) is 5.13. The molecular weight excluding hydrogens is 514 g/mol. The Bertz CT molecular complexity index is 1320. The van der Waals surface area contributed by atoms with Gasteiger partial charge in [-0.15, -0.1) is 11.3 Å². The van der Waals surface area contributed by atoms with Gasteiger partial charge < -0.3 is 14.8 Å². The number of hydrogen-bond donors (Lipinski definition) is 2. The van der Waals surface area contributed by atoms with Crippen LogP contribution in [-0.2, 0) is 33.8 Å². The van der Waals surface area contributed by atoms with E-state index in [-0.39, 0.29) is 6.61 Å². The Balaban J connectivity index is 1.32. The van der Waals surface area contributed by atoms with Gasteiger partial charge in [-0.2, -0.15) is 5.10 Å². The van der Waals surface area contributed by atoms with Crippen LogP contribution in [0.4, 0.5) is 5.00 Å². The molecule has 1 aliphatic carbocycles. The van der Waals surface area contributed by atoms with Crippen LogP contribution < -0.4 is 15.5 Å². The second-order valence-corrected chi connectivity index (χ2v) is 9.82. The lowest BCUT2D eigenvalue weighted by molar-refractivity contribution is -0.136. The number of carbonyl (C=O) groups excluding carboxylic acids is 3. The van der Waals surface area contributed by atoms with Crippen molar-refractivity contribution in [1.82, 2.24) is 5.43 Å². The van der Waals surface area contributed by atoms with E-state index in [1.807, 2.05) is 18.2 Å². The monoisotopic (exact) mass is 539 g/mol. The quantitative estimate of drug-likeness (QED) is 0.179. The molecule has 0 atom stereocenters. The third-order valence-corrected chi connectivity index (χ3v) is 7.08. The second-order valence-electron chi connectivity index (χ2n) is 8.28. The van der Waals surface area contributed by atoms with Crippen LogP contribution in [0.1, 0.15) is 51.7 Å². The van der Waals surface area contributed by atoms with Gasteiger partial charge in [-0.3, -0.25) is 9.59 Å². The number of hydrogen-bond acceptors (Lipinski definition) is 7. The average Bonchev–Trinajstić information content (AvgIpc) is 3.26. The van der Waals surface area contributed by atoms with Gasteiger partial charge in [0.2, 0.25) is 0 Å². The first-order valence-corrected chi connectivity index (χ1v) is 13.1. The number of rotatable bonds is 8. The number of halogens is 1. The van der Waals surface area contributed by atoms with Crippen LogP contribution in [0.15, 0.2) is 53.6 Å². The van der Waals surface area contributed by atoms with Gasteiger partial charge in [0.15, 0.2) is 0 Å². The van der Waals surface area contributed by atoms with E-state index >= 15 is 0 Å². The molecule has 192 valence electrons. The lowest BCUT2D eigenvalue weighted by Gasteiger charge is -2.12. The van der Waals surface area contributed by atoms with Crippen molar-refractivity contribution in [2.24, 2.45) is 5.10 Å². The van der Waals surface area contributed by atoms with Crippen molar-refractivity contribution >= 4 is 51.9 Å². The first kappa shape index (κ1) is 26.4. The zero-order valence-electron chi connectivity index (χ0n) is 20.2. The number of amides is 2. The molecule has 10 heteroatoms. The minimum Gasteiger partial charge on any atom is -0.489 e. The van der Waals surface area contributed by atoms with Crippen molar-refractivity contribution in [3.63, 3.8) is 0 Å². The van der Waals surface area contributed by atoms with Crippen molar-refractivity contribution in [2.45, 2.75) is 39.2 Å². The van der Waals surface area contributed by atoms with E-state index in [9.17, 15) is 14.4 Å². The summed E-state index contributed by atoms with van der Waals surface area (Å²) in [7, 11) is 0. The Kier molecular flexibility index (Phi) is 8.92. The molecule has 0 fully saturated rings. The van der Waals surface area contributed by atoms with Gasteiger partial charge in [0.1, 0.15) is 17.4 Å². The van der Waals surface area contributed by atoms with Gasteiger partial charge >= 0.3 is 17.8 Å². The van der Waals surface area contributed by atoms with Crippen LogP contribution in [0.2, 0.25) is 5.02 Å². The molecule has 2 amide bonds. The van der Waals surface area contributed by atoms with Gasteiger partial charge in [0.05, 0.1) is 18.4 Å². The van der Waals surface area contributed by atoms with Crippen molar-refractivity contribution in [2.75, 3.05) is 11.9 Å². The SMILES string of the molecule is CCOC(=O)c1c(NC(=O)C(=O)NN=Cc2ccc(OCc3cccc(Cl)c3)cc2)sc2c1CCCC2. The maximum Gasteiger partial charge on any atom is 0.341 e. The Morgan fingerprint density at radius 3 is 2.62 bits per heavy atom. The Labute approximate surface area is 223 Å². The smallest absolute Gasteiger partial charge is 0.341 e. The van der Waals surface area contributed by atoms with E-state index in [1.54, 1.807) is 37.3 Å². The highest BCUT2D eigenvalue weighted by atomic mass is 35.5. The van der Waals surface area contributed by atoms with E-state index in [0.29, 0.717) is 33.5 Å². The average molecular weight is 540 g/mol. The number of esters is 1. The molecule has 0 saturated heterocycles. The summed E-state index contributed by atoms with van der Waals surface area (Å²) in [6.45, 7) is 2.33. The molecule has 1 aliphatic rings. The lowest BCUT2D eigenvalue weighted by atomic mass is 9.95. The molecule has 4 rings (SSSR count). The molecular formula is C27H26ClN3O5S. The minimum atomic E-state index is -0.945. The van der Waals surface area contributed by atoms with Crippen molar-refractivity contribution < 1.29 is 23.9 Å². The maximum absolute atomic E-state index is 12.5. The molecule has 1 aromatic heterocycles. The van der Waals surface area contributed by atoms with Gasteiger partial charge in [0.25, 0.3) is 0 Å². The molecule has 0 saturated carbocycles. The van der Waals surface area contributed by atoms with Crippen molar-refractivity contribution in [1.29, 1.82) is 0 Å². The maximum atomic E-state index is 12.5. The van der Waals surface area contributed by atoms with E-state index in [0.717, 1.165) is 41.7 Å². The minimum absolute atomic E-state index is 0.223. The van der Waals surface area contributed by atoms with Crippen LogP contribution in [0.3, 0.4) is 0 Å². The summed E-state index contributed by atoms with van der Waals surface area (Å²) < 4.78 is 10.9. The number of nitrogens with zero attached hydrogens (tertiary/aromatic N) is 1. The summed E-state index contributed by atoms with van der Waals surface area (Å²) in [6.07, 6.45) is 4.99. The molecule has 0 spiro atoms. The Morgan fingerprint density at radius 1 is 1.08 bits per heavy atom. The van der Waals surface area contributed by atoms with E-state index in [4.69, 9.17) is 21.1 Å². The number of ether oxygens (including phenoxy) is 2. The molecule has 2 N–H and O–H groups in total. The number of benzene rings is 2. The molecule has 1 heterocycles. The largest absolute Gasteiger partial charge is 0.489 e. The zero-order valence-corrected chi connectivity index (χ0v) is 21.8. The molecule has 37 heavy (non-hydrogen) atoms. The highest BCUT2D eigenvalue weighted by molar-refractivity contribution is 7.17. The predicted molar refractivity (Wildman–Crippen MR) is 144 cm³/mol. The van der Waals surface area contributed by atoms with Gasteiger partial charge in [-0.05, 0) is 85.7 Å². The first-order valence-electron chi connectivity index (χ1n) is 11.9. The predicted octanol–water partition coefficient (Wildman–Crippen LogP) is 5.12. The van der Waals surface area contributed by atoms with Crippen molar-refractivity contribution in [3.8, 4) is 5.75 Å². The molecule has 2 aromatic carbocycles. The summed E-state index contributed by atoms with van der Waals surface area (Å²) in [5.74, 6) is -1.68. The van der Waals surface area contributed by atoms with Crippen LogP contribution in [0, 0.1) is 0 Å². The van der Waals surface area contributed by atoms with Crippen molar-refractivity contribution in [3.05, 3.63) is 80.7 Å². The second kappa shape index (κ2) is 12.5. The lowest BCUT2D eigenvalue weighted by Crippen LogP contribution is -2.32. The van der Waals surface area contributed by atoms with E-state index in [2.05, 4.69) is 15.8 Å². The summed E-state index contributed by atoms with van der Waals surface area (Å²) >= 11 is 7.30. The molecule has 0 aliphatic heterocycles. The van der Waals surface area contributed by atoms with Crippen LogP contribution in [0.5, 0.6) is 5.75 Å². The fraction of sp³-hybridized carbons (Fsp3) is 0.259. The number of anilines is 1. The highest BCUT2D eigenvalue weighted by Gasteiger charge is 2.28. The molecule has 0 bridgehead atoms. The number of carbonyl (C=O) groups is 3. The van der Waals surface area contributed by atoms with Crippen LogP contribution >= 0.6 is 22.9 Å². The fourth-order valence-electron chi connectivity index (χ4n) is 3.89. The molecule has 3 aromatic rings. The standard InChI is InChI=1S/C27H26ClN3O5S/c1-2-35-27(34)23-21-8-3-4-9-22(21)37-26(23)30-24(32)25(33)31-29-15-17-10-12-20(13-11-17)36-16-18-6-5-7-19(28)14-18/h5-7,10-15H,2-4,8-9,16H2,1H3,(H,30,32)(H,31,33). The molecule has 0 radical (unpaired) electrons. The van der Waals surface area contributed by atoms with E-state index < -0.39 is 17.8 Å². The first-order chi connectivity index (χ1) is 17.9. The Hall–Kier alpha value is -3.69. The summed E-state index contributed by atoms with van der Waals surface area (Å²) in [6, 6.07) is 14.5. The third kappa shape index (κ3) is 6.96.